The van der Waals surface area contributed by atoms with Crippen LogP contribution in [0.2, 0.25) is 0 Å². The highest BCUT2D eigenvalue weighted by molar-refractivity contribution is 5.95. The average molecular weight is 466 g/mol. The topological polar surface area (TPSA) is 137 Å². The number of ether oxygens (including phenoxy) is 3. The van der Waals surface area contributed by atoms with Gasteiger partial charge in [-0.05, 0) is 18.2 Å². The summed E-state index contributed by atoms with van der Waals surface area (Å²) in [4.78, 5) is 45.8. The molecule has 2 aliphatic rings. The minimum Gasteiger partial charge on any atom is -0.490 e. The Hall–Kier alpha value is -4.19. The van der Waals surface area contributed by atoms with Crippen molar-refractivity contribution >= 4 is 34.7 Å². The maximum absolute atomic E-state index is 12.3. The number of rotatable bonds is 7. The largest absolute Gasteiger partial charge is 0.490 e. The van der Waals surface area contributed by atoms with E-state index in [1.165, 1.54) is 15.5 Å². The Labute approximate surface area is 193 Å². The number of hydrogen-bond donors (Lipinski definition) is 2. The van der Waals surface area contributed by atoms with Gasteiger partial charge in [-0.2, -0.15) is 0 Å². The molecule has 2 N–H and O–H groups in total. The Morgan fingerprint density at radius 2 is 2.09 bits per heavy atom. The molecule has 5 rings (SSSR count). The maximum Gasteiger partial charge on any atom is 0.416 e. The fourth-order valence-corrected chi connectivity index (χ4v) is 3.81. The lowest BCUT2D eigenvalue weighted by Gasteiger charge is -2.19. The molecule has 0 saturated carbocycles. The molecule has 2 amide bonds. The molecule has 0 spiro atoms. The van der Waals surface area contributed by atoms with Gasteiger partial charge >= 0.3 is 6.09 Å². The molecule has 1 atom stereocenters. The number of aromatic nitrogens is 3. The Bertz CT molecular complexity index is 1320. The van der Waals surface area contributed by atoms with Crippen LogP contribution in [0.5, 0.6) is 11.5 Å². The number of nitrogens with zero attached hydrogens (tertiary/aromatic N) is 4. The van der Waals surface area contributed by atoms with E-state index in [0.29, 0.717) is 54.6 Å². The standard InChI is InChI=1S/C22H22N6O6/c1-27-19(30)5-2-14-20(27)15(6-7-24-14)32-9-8-23-10-13-11-28(22(31)34-13)17-4-3-16-21(25-17)26-18(29)12-33-16/h2-7,13,23H,8-12H2,1H3,(H,25,26,29). The molecule has 12 nitrogen and oxygen atoms in total. The third-order valence-electron chi connectivity index (χ3n) is 5.48. The number of amides is 2. The molecule has 1 saturated heterocycles. The molecule has 3 aromatic heterocycles. The quantitative estimate of drug-likeness (QED) is 0.481. The molecule has 1 fully saturated rings. The first-order valence-electron chi connectivity index (χ1n) is 10.7. The van der Waals surface area contributed by atoms with Crippen molar-refractivity contribution in [2.24, 2.45) is 7.05 Å². The molecule has 3 aromatic rings. The normalized spacial score (nSPS) is 17.2. The molecular weight excluding hydrogens is 444 g/mol. The van der Waals surface area contributed by atoms with Gasteiger partial charge in [-0.3, -0.25) is 19.5 Å². The summed E-state index contributed by atoms with van der Waals surface area (Å²) in [6.45, 7) is 1.51. The predicted octanol–water partition coefficient (Wildman–Crippen LogP) is 0.653. The first kappa shape index (κ1) is 21.6. The summed E-state index contributed by atoms with van der Waals surface area (Å²) in [5.41, 5.74) is 1.17. The summed E-state index contributed by atoms with van der Waals surface area (Å²) in [6, 6.07) is 8.16. The van der Waals surface area contributed by atoms with Gasteiger partial charge in [0, 0.05) is 38.5 Å². The van der Waals surface area contributed by atoms with Crippen LogP contribution in [-0.4, -0.2) is 65.5 Å². The highest BCUT2D eigenvalue weighted by atomic mass is 16.6. The zero-order chi connectivity index (χ0) is 23.7. The molecule has 1 unspecified atom stereocenters. The average Bonchev–Trinajstić information content (AvgIpc) is 3.21. The fourth-order valence-electron chi connectivity index (χ4n) is 3.81. The van der Waals surface area contributed by atoms with Crippen LogP contribution in [0.3, 0.4) is 0 Å². The van der Waals surface area contributed by atoms with Crippen LogP contribution in [-0.2, 0) is 16.6 Å². The summed E-state index contributed by atoms with van der Waals surface area (Å²) in [5, 5.41) is 5.84. The van der Waals surface area contributed by atoms with E-state index in [2.05, 4.69) is 20.6 Å². The van der Waals surface area contributed by atoms with Crippen molar-refractivity contribution < 1.29 is 23.8 Å². The third kappa shape index (κ3) is 4.22. The van der Waals surface area contributed by atoms with Crippen LogP contribution in [0.15, 0.2) is 41.3 Å². The summed E-state index contributed by atoms with van der Waals surface area (Å²) in [6.07, 6.45) is 0.746. The Morgan fingerprint density at radius 1 is 1.21 bits per heavy atom. The van der Waals surface area contributed by atoms with Gasteiger partial charge in [0.25, 0.3) is 11.5 Å². The number of carbonyl (C=O) groups is 2. The van der Waals surface area contributed by atoms with Gasteiger partial charge in [0.15, 0.2) is 18.2 Å². The molecule has 0 bridgehead atoms. The van der Waals surface area contributed by atoms with Crippen LogP contribution in [0.4, 0.5) is 16.4 Å². The van der Waals surface area contributed by atoms with E-state index in [1.54, 1.807) is 37.5 Å². The molecule has 0 aromatic carbocycles. The van der Waals surface area contributed by atoms with Gasteiger partial charge in [-0.15, -0.1) is 0 Å². The zero-order valence-electron chi connectivity index (χ0n) is 18.3. The van der Waals surface area contributed by atoms with Crippen molar-refractivity contribution in [3.8, 4) is 11.5 Å². The van der Waals surface area contributed by atoms with E-state index >= 15 is 0 Å². The van der Waals surface area contributed by atoms with E-state index in [1.807, 2.05) is 0 Å². The van der Waals surface area contributed by atoms with Gasteiger partial charge in [-0.1, -0.05) is 0 Å². The van der Waals surface area contributed by atoms with Gasteiger partial charge in [0.2, 0.25) is 0 Å². The van der Waals surface area contributed by atoms with E-state index in [-0.39, 0.29) is 30.0 Å². The number of carbonyl (C=O) groups excluding carboxylic acids is 2. The number of aryl methyl sites for hydroxylation is 1. The summed E-state index contributed by atoms with van der Waals surface area (Å²) in [7, 11) is 1.68. The molecule has 34 heavy (non-hydrogen) atoms. The second kappa shape index (κ2) is 8.98. The van der Waals surface area contributed by atoms with Gasteiger partial charge in [-0.25, -0.2) is 9.78 Å². The fraction of sp³-hybridized carbons (Fsp3) is 0.318. The first-order chi connectivity index (χ1) is 16.5. The first-order valence-corrected chi connectivity index (χ1v) is 10.7. The maximum atomic E-state index is 12.3. The molecule has 0 aliphatic carbocycles. The smallest absolute Gasteiger partial charge is 0.416 e. The van der Waals surface area contributed by atoms with E-state index in [0.717, 1.165) is 0 Å². The predicted molar refractivity (Wildman–Crippen MR) is 121 cm³/mol. The second-order valence-electron chi connectivity index (χ2n) is 7.80. The summed E-state index contributed by atoms with van der Waals surface area (Å²) >= 11 is 0. The molecular formula is C22H22N6O6. The van der Waals surface area contributed by atoms with Crippen molar-refractivity contribution in [2.75, 3.05) is 43.1 Å². The van der Waals surface area contributed by atoms with Gasteiger partial charge < -0.3 is 29.4 Å². The second-order valence-corrected chi connectivity index (χ2v) is 7.80. The third-order valence-corrected chi connectivity index (χ3v) is 5.48. The molecule has 12 heteroatoms. The SMILES string of the molecule is Cn1c(=O)ccc2nccc(OCCNCC3CN(c4ccc5c(n4)NC(=O)CO5)C(=O)O3)c21. The van der Waals surface area contributed by atoms with E-state index < -0.39 is 6.09 Å². The van der Waals surface area contributed by atoms with Gasteiger partial charge in [0.05, 0.1) is 12.1 Å². The Kier molecular flexibility index (Phi) is 5.72. The van der Waals surface area contributed by atoms with Crippen molar-refractivity contribution in [1.82, 2.24) is 19.9 Å². The van der Waals surface area contributed by atoms with Crippen molar-refractivity contribution in [3.05, 3.63) is 46.9 Å². The minimum atomic E-state index is -0.511. The van der Waals surface area contributed by atoms with Crippen LogP contribution in [0.25, 0.3) is 11.0 Å². The zero-order valence-corrected chi connectivity index (χ0v) is 18.3. The summed E-state index contributed by atoms with van der Waals surface area (Å²) < 4.78 is 18.1. The van der Waals surface area contributed by atoms with E-state index in [4.69, 9.17) is 14.2 Å². The van der Waals surface area contributed by atoms with E-state index in [9.17, 15) is 14.4 Å². The number of hydrogen-bond acceptors (Lipinski definition) is 9. The number of anilines is 2. The Balaban J connectivity index is 1.14. The highest BCUT2D eigenvalue weighted by Gasteiger charge is 2.33. The van der Waals surface area contributed by atoms with Crippen molar-refractivity contribution in [1.29, 1.82) is 0 Å². The number of pyridine rings is 3. The monoisotopic (exact) mass is 466 g/mol. The van der Waals surface area contributed by atoms with Crippen LogP contribution < -0.4 is 30.6 Å². The molecule has 0 radical (unpaired) electrons. The lowest BCUT2D eigenvalue weighted by molar-refractivity contribution is -0.118. The van der Waals surface area contributed by atoms with Gasteiger partial charge in [0.1, 0.15) is 29.8 Å². The van der Waals surface area contributed by atoms with Crippen LogP contribution in [0, 0.1) is 0 Å². The minimum absolute atomic E-state index is 0.0627. The van der Waals surface area contributed by atoms with Crippen molar-refractivity contribution in [3.63, 3.8) is 0 Å². The van der Waals surface area contributed by atoms with Crippen LogP contribution in [0.1, 0.15) is 0 Å². The summed E-state index contributed by atoms with van der Waals surface area (Å²) in [5.74, 6) is 1.38. The number of cyclic esters (lactones) is 1. The number of fused-ring (bicyclic) bond motifs is 2. The van der Waals surface area contributed by atoms with Crippen molar-refractivity contribution in [2.45, 2.75) is 6.10 Å². The van der Waals surface area contributed by atoms with Crippen LogP contribution >= 0.6 is 0 Å². The lowest BCUT2D eigenvalue weighted by atomic mass is 10.3. The molecule has 176 valence electrons. The number of nitrogens with one attached hydrogen (secondary N) is 2. The highest BCUT2D eigenvalue weighted by Crippen LogP contribution is 2.30. The lowest BCUT2D eigenvalue weighted by Crippen LogP contribution is -2.33. The molecule has 2 aliphatic heterocycles. The Morgan fingerprint density at radius 3 is 2.97 bits per heavy atom. The molecule has 5 heterocycles.